The summed E-state index contributed by atoms with van der Waals surface area (Å²) in [5.41, 5.74) is 1.57. The Labute approximate surface area is 114 Å². The third kappa shape index (κ3) is 2.58. The molecule has 0 amide bonds. The monoisotopic (exact) mass is 276 g/mol. The zero-order chi connectivity index (χ0) is 14.0. The van der Waals surface area contributed by atoms with Crippen LogP contribution in [-0.4, -0.2) is 10.1 Å². The lowest BCUT2D eigenvalue weighted by Crippen LogP contribution is -2.00. The predicted molar refractivity (Wildman–Crippen MR) is 70.0 cm³/mol. The number of aromatic nitrogens is 1. The Morgan fingerprint density at radius 3 is 2.74 bits per heavy atom. The Balaban J connectivity index is 2.63. The van der Waals surface area contributed by atoms with E-state index >= 15 is 0 Å². The van der Waals surface area contributed by atoms with E-state index in [0.717, 1.165) is 6.20 Å². The lowest BCUT2D eigenvalue weighted by atomic mass is 9.98. The molecule has 0 spiro atoms. The molecule has 1 heterocycles. The number of hydrogen-bond acceptors (Lipinski definition) is 3. The van der Waals surface area contributed by atoms with Crippen LogP contribution in [0.4, 0.5) is 4.39 Å². The van der Waals surface area contributed by atoms with Crippen molar-refractivity contribution in [1.82, 2.24) is 4.98 Å². The minimum Gasteiger partial charge on any atom is -0.389 e. The van der Waals surface area contributed by atoms with Gasteiger partial charge in [0.15, 0.2) is 0 Å². The Morgan fingerprint density at radius 2 is 2.16 bits per heavy atom. The summed E-state index contributed by atoms with van der Waals surface area (Å²) in [6, 6.07) is 6.71. The second-order valence-corrected chi connectivity index (χ2v) is 4.47. The maximum Gasteiger partial charge on any atom is 0.147 e. The summed E-state index contributed by atoms with van der Waals surface area (Å²) in [7, 11) is 0. The molecule has 19 heavy (non-hydrogen) atoms. The van der Waals surface area contributed by atoms with Gasteiger partial charge in [-0.3, -0.25) is 4.98 Å². The lowest BCUT2D eigenvalue weighted by molar-refractivity contribution is 0.194. The topological polar surface area (TPSA) is 56.9 Å². The Morgan fingerprint density at radius 1 is 1.42 bits per heavy atom. The first-order chi connectivity index (χ1) is 9.04. The highest BCUT2D eigenvalue weighted by molar-refractivity contribution is 6.32. The molecule has 0 saturated heterocycles. The highest BCUT2D eigenvalue weighted by Crippen LogP contribution is 2.31. The van der Waals surface area contributed by atoms with Gasteiger partial charge in [-0.05, 0) is 24.6 Å². The van der Waals surface area contributed by atoms with Gasteiger partial charge in [-0.1, -0.05) is 17.7 Å². The van der Waals surface area contributed by atoms with Gasteiger partial charge < -0.3 is 5.11 Å². The number of benzene rings is 1. The number of nitrogens with zero attached hydrogens (tertiary/aromatic N) is 2. The SMILES string of the molecule is C[C@@H](O)c1c(F)cncc1-c1ccc(C#N)c(Cl)c1. The average molecular weight is 277 g/mol. The minimum atomic E-state index is -0.965. The molecule has 0 unspecified atom stereocenters. The quantitative estimate of drug-likeness (QED) is 0.914. The molecular formula is C14H10ClFN2O. The Hall–Kier alpha value is -1.96. The van der Waals surface area contributed by atoms with Crippen molar-refractivity contribution in [1.29, 1.82) is 5.26 Å². The van der Waals surface area contributed by atoms with Crippen LogP contribution in [0.5, 0.6) is 0 Å². The van der Waals surface area contributed by atoms with E-state index in [-0.39, 0.29) is 10.6 Å². The number of rotatable bonds is 2. The van der Waals surface area contributed by atoms with Crippen molar-refractivity contribution in [3.05, 3.63) is 52.6 Å². The maximum absolute atomic E-state index is 13.7. The van der Waals surface area contributed by atoms with Crippen molar-refractivity contribution < 1.29 is 9.50 Å². The fourth-order valence-corrected chi connectivity index (χ4v) is 2.10. The van der Waals surface area contributed by atoms with Crippen molar-refractivity contribution in [2.24, 2.45) is 0 Å². The van der Waals surface area contributed by atoms with Gasteiger partial charge >= 0.3 is 0 Å². The molecule has 3 nitrogen and oxygen atoms in total. The second-order valence-electron chi connectivity index (χ2n) is 4.06. The molecule has 1 N–H and O–H groups in total. The smallest absolute Gasteiger partial charge is 0.147 e. The minimum absolute atomic E-state index is 0.163. The highest BCUT2D eigenvalue weighted by atomic mass is 35.5. The van der Waals surface area contributed by atoms with Crippen LogP contribution in [0, 0.1) is 17.1 Å². The van der Waals surface area contributed by atoms with Crippen molar-refractivity contribution in [2.75, 3.05) is 0 Å². The van der Waals surface area contributed by atoms with Crippen molar-refractivity contribution >= 4 is 11.6 Å². The van der Waals surface area contributed by atoms with Gasteiger partial charge in [0, 0.05) is 17.3 Å². The average Bonchev–Trinajstić information content (AvgIpc) is 2.37. The largest absolute Gasteiger partial charge is 0.389 e. The number of halogens is 2. The molecule has 2 rings (SSSR count). The number of aliphatic hydroxyl groups excluding tert-OH is 1. The van der Waals surface area contributed by atoms with E-state index in [9.17, 15) is 9.50 Å². The van der Waals surface area contributed by atoms with E-state index in [1.807, 2.05) is 6.07 Å². The Bertz CT molecular complexity index is 665. The molecule has 0 aliphatic carbocycles. The molecule has 1 atom stereocenters. The molecule has 0 aliphatic rings. The number of hydrogen-bond donors (Lipinski definition) is 1. The van der Waals surface area contributed by atoms with Crippen LogP contribution >= 0.6 is 11.6 Å². The molecule has 0 fully saturated rings. The summed E-state index contributed by atoms with van der Waals surface area (Å²) in [6.07, 6.45) is 1.55. The van der Waals surface area contributed by atoms with E-state index in [4.69, 9.17) is 16.9 Å². The van der Waals surface area contributed by atoms with Gasteiger partial charge in [-0.25, -0.2) is 4.39 Å². The summed E-state index contributed by atoms with van der Waals surface area (Å²) in [4.78, 5) is 3.78. The third-order valence-electron chi connectivity index (χ3n) is 2.76. The molecular weight excluding hydrogens is 267 g/mol. The third-order valence-corrected chi connectivity index (χ3v) is 3.07. The van der Waals surface area contributed by atoms with Crippen LogP contribution in [-0.2, 0) is 0 Å². The molecule has 0 saturated carbocycles. The first-order valence-electron chi connectivity index (χ1n) is 5.56. The molecule has 1 aromatic carbocycles. The van der Waals surface area contributed by atoms with Gasteiger partial charge in [-0.15, -0.1) is 0 Å². The summed E-state index contributed by atoms with van der Waals surface area (Å²) < 4.78 is 13.7. The maximum atomic E-state index is 13.7. The van der Waals surface area contributed by atoms with E-state index in [1.165, 1.54) is 13.1 Å². The summed E-state index contributed by atoms with van der Waals surface area (Å²) >= 11 is 5.95. The molecule has 0 radical (unpaired) electrons. The van der Waals surface area contributed by atoms with Gasteiger partial charge in [0.2, 0.25) is 0 Å². The van der Waals surface area contributed by atoms with E-state index in [2.05, 4.69) is 4.98 Å². The van der Waals surface area contributed by atoms with Gasteiger partial charge in [0.05, 0.1) is 22.9 Å². The van der Waals surface area contributed by atoms with Crippen molar-refractivity contribution in [3.63, 3.8) is 0 Å². The number of pyridine rings is 1. The van der Waals surface area contributed by atoms with Gasteiger partial charge in [0.25, 0.3) is 0 Å². The standard InChI is InChI=1S/C14H10ClFN2O/c1-8(19)14-11(6-18-7-13(14)16)9-2-3-10(5-17)12(15)4-9/h2-4,6-8,19H,1H3/t8-/m1/s1. The van der Waals surface area contributed by atoms with Crippen LogP contribution in [0.25, 0.3) is 11.1 Å². The molecule has 5 heteroatoms. The van der Waals surface area contributed by atoms with Gasteiger partial charge in [0.1, 0.15) is 11.9 Å². The van der Waals surface area contributed by atoms with E-state index in [0.29, 0.717) is 16.7 Å². The second kappa shape index (κ2) is 5.35. The van der Waals surface area contributed by atoms with Crippen LogP contribution in [0.15, 0.2) is 30.6 Å². The number of aliphatic hydroxyl groups is 1. The zero-order valence-electron chi connectivity index (χ0n) is 10.1. The Kier molecular flexibility index (Phi) is 3.79. The fraction of sp³-hybridized carbons (Fsp3) is 0.143. The van der Waals surface area contributed by atoms with Crippen LogP contribution in [0.2, 0.25) is 5.02 Å². The van der Waals surface area contributed by atoms with Crippen LogP contribution in [0.1, 0.15) is 24.2 Å². The van der Waals surface area contributed by atoms with Crippen LogP contribution < -0.4 is 0 Å². The lowest BCUT2D eigenvalue weighted by Gasteiger charge is -2.13. The molecule has 0 aliphatic heterocycles. The molecule has 2 aromatic rings. The van der Waals surface area contributed by atoms with E-state index < -0.39 is 11.9 Å². The van der Waals surface area contributed by atoms with Gasteiger partial charge in [-0.2, -0.15) is 5.26 Å². The summed E-state index contributed by atoms with van der Waals surface area (Å²) in [6.45, 7) is 1.48. The molecule has 96 valence electrons. The molecule has 1 aromatic heterocycles. The summed E-state index contributed by atoms with van der Waals surface area (Å²) in [5.74, 6) is -0.576. The first kappa shape index (κ1) is 13.5. The first-order valence-corrected chi connectivity index (χ1v) is 5.94. The van der Waals surface area contributed by atoms with Crippen LogP contribution in [0.3, 0.4) is 0 Å². The normalized spacial score (nSPS) is 11.9. The number of nitriles is 1. The molecule has 0 bridgehead atoms. The predicted octanol–water partition coefficient (Wildman–Crippen LogP) is 3.47. The van der Waals surface area contributed by atoms with E-state index in [1.54, 1.807) is 18.2 Å². The van der Waals surface area contributed by atoms with Crippen molar-refractivity contribution in [2.45, 2.75) is 13.0 Å². The fourth-order valence-electron chi connectivity index (χ4n) is 1.87. The summed E-state index contributed by atoms with van der Waals surface area (Å²) in [5, 5.41) is 18.8. The zero-order valence-corrected chi connectivity index (χ0v) is 10.8. The van der Waals surface area contributed by atoms with Crippen molar-refractivity contribution in [3.8, 4) is 17.2 Å². The highest BCUT2D eigenvalue weighted by Gasteiger charge is 2.16.